The summed E-state index contributed by atoms with van der Waals surface area (Å²) in [6.07, 6.45) is 4.66. The van der Waals surface area contributed by atoms with Gasteiger partial charge in [0, 0.05) is 30.6 Å². The Morgan fingerprint density at radius 2 is 1.76 bits per heavy atom. The van der Waals surface area contributed by atoms with Crippen molar-refractivity contribution < 1.29 is 13.2 Å². The minimum absolute atomic E-state index is 0.0982. The van der Waals surface area contributed by atoms with Gasteiger partial charge in [-0.15, -0.1) is 0 Å². The van der Waals surface area contributed by atoms with E-state index in [9.17, 15) is 13.2 Å². The van der Waals surface area contributed by atoms with Crippen molar-refractivity contribution in [1.82, 2.24) is 0 Å². The molecule has 0 saturated heterocycles. The first-order chi connectivity index (χ1) is 9.84. The van der Waals surface area contributed by atoms with Crippen molar-refractivity contribution in [1.29, 1.82) is 0 Å². The van der Waals surface area contributed by atoms with Crippen LogP contribution in [0.25, 0.3) is 0 Å². The minimum atomic E-state index is -2.96. The molecule has 0 spiro atoms. The maximum Gasteiger partial charge on any atom is 0.221 e. The number of nitrogens with one attached hydrogen (secondary N) is 2. The maximum absolute atomic E-state index is 11.7. The van der Waals surface area contributed by atoms with E-state index in [-0.39, 0.29) is 17.2 Å². The molecule has 0 aromatic heterocycles. The lowest BCUT2D eigenvalue weighted by Gasteiger charge is -2.29. The number of benzene rings is 1. The number of hydrogen-bond acceptors (Lipinski definition) is 4. The van der Waals surface area contributed by atoms with E-state index in [0.29, 0.717) is 6.42 Å². The second-order valence-electron chi connectivity index (χ2n) is 5.72. The van der Waals surface area contributed by atoms with Crippen LogP contribution in [-0.4, -0.2) is 31.9 Å². The molecule has 1 aliphatic carbocycles. The Morgan fingerprint density at radius 3 is 2.33 bits per heavy atom. The zero-order chi connectivity index (χ0) is 15.5. The first-order valence-corrected chi connectivity index (χ1v) is 9.13. The van der Waals surface area contributed by atoms with Crippen LogP contribution >= 0.6 is 0 Å². The Balaban J connectivity index is 1.96. The fourth-order valence-electron chi connectivity index (χ4n) is 2.75. The second-order valence-corrected chi connectivity index (χ2v) is 8.04. The van der Waals surface area contributed by atoms with Crippen molar-refractivity contribution in [2.75, 3.05) is 16.9 Å². The van der Waals surface area contributed by atoms with Crippen LogP contribution < -0.4 is 10.6 Å². The van der Waals surface area contributed by atoms with Gasteiger partial charge in [-0.25, -0.2) is 8.42 Å². The molecule has 21 heavy (non-hydrogen) atoms. The number of sulfone groups is 1. The molecule has 6 heteroatoms. The molecule has 1 aromatic carbocycles. The van der Waals surface area contributed by atoms with E-state index in [1.165, 1.54) is 13.2 Å². The van der Waals surface area contributed by atoms with Gasteiger partial charge in [0.1, 0.15) is 9.84 Å². The highest BCUT2D eigenvalue weighted by atomic mass is 32.2. The SMILES string of the molecule is CC(=O)Nc1ccc(NC2CCCC(S(C)(=O)=O)C2)cc1. The van der Waals surface area contributed by atoms with Gasteiger partial charge in [-0.2, -0.15) is 0 Å². The number of hydrogen-bond donors (Lipinski definition) is 2. The second kappa shape index (κ2) is 6.47. The van der Waals surface area contributed by atoms with Crippen molar-refractivity contribution in [2.24, 2.45) is 0 Å². The lowest BCUT2D eigenvalue weighted by Crippen LogP contribution is -2.34. The van der Waals surface area contributed by atoms with Crippen LogP contribution in [-0.2, 0) is 14.6 Å². The molecule has 0 heterocycles. The third-order valence-corrected chi connectivity index (χ3v) is 5.45. The van der Waals surface area contributed by atoms with Gasteiger partial charge >= 0.3 is 0 Å². The lowest BCUT2D eigenvalue weighted by atomic mass is 9.95. The van der Waals surface area contributed by atoms with Crippen LogP contribution in [0.1, 0.15) is 32.6 Å². The summed E-state index contributed by atoms with van der Waals surface area (Å²) < 4.78 is 23.3. The monoisotopic (exact) mass is 310 g/mol. The third-order valence-electron chi connectivity index (χ3n) is 3.81. The van der Waals surface area contributed by atoms with Crippen LogP contribution in [0.2, 0.25) is 0 Å². The van der Waals surface area contributed by atoms with Gasteiger partial charge in [0.25, 0.3) is 0 Å². The van der Waals surface area contributed by atoms with E-state index in [4.69, 9.17) is 0 Å². The van der Waals surface area contributed by atoms with Crippen molar-refractivity contribution in [3.63, 3.8) is 0 Å². The van der Waals surface area contributed by atoms with Gasteiger partial charge in [-0.05, 0) is 43.5 Å². The highest BCUT2D eigenvalue weighted by Crippen LogP contribution is 2.26. The van der Waals surface area contributed by atoms with Crippen LogP contribution in [0.3, 0.4) is 0 Å². The molecule has 1 amide bonds. The smallest absolute Gasteiger partial charge is 0.221 e. The Kier molecular flexibility index (Phi) is 4.88. The van der Waals surface area contributed by atoms with Crippen molar-refractivity contribution in [3.8, 4) is 0 Å². The van der Waals surface area contributed by atoms with E-state index in [1.807, 2.05) is 24.3 Å². The highest BCUT2D eigenvalue weighted by molar-refractivity contribution is 7.91. The zero-order valence-electron chi connectivity index (χ0n) is 12.4. The number of anilines is 2. The molecule has 0 radical (unpaired) electrons. The van der Waals surface area contributed by atoms with Crippen molar-refractivity contribution >= 4 is 27.1 Å². The molecule has 2 unspecified atom stereocenters. The fourth-order valence-corrected chi connectivity index (χ4v) is 3.93. The van der Waals surface area contributed by atoms with Gasteiger partial charge in [0.2, 0.25) is 5.91 Å². The van der Waals surface area contributed by atoms with E-state index in [2.05, 4.69) is 10.6 Å². The zero-order valence-corrected chi connectivity index (χ0v) is 13.2. The molecular formula is C15H22N2O3S. The number of carbonyl (C=O) groups excluding carboxylic acids is 1. The Labute approximate surface area is 126 Å². The molecule has 2 rings (SSSR count). The third kappa shape index (κ3) is 4.74. The first-order valence-electron chi connectivity index (χ1n) is 7.17. The number of rotatable bonds is 4. The average molecular weight is 310 g/mol. The van der Waals surface area contributed by atoms with Crippen LogP contribution in [0.4, 0.5) is 11.4 Å². The highest BCUT2D eigenvalue weighted by Gasteiger charge is 2.28. The summed E-state index contributed by atoms with van der Waals surface area (Å²) in [7, 11) is -2.96. The molecule has 1 fully saturated rings. The average Bonchev–Trinajstić information content (AvgIpc) is 2.40. The fraction of sp³-hybridized carbons (Fsp3) is 0.533. The van der Waals surface area contributed by atoms with Crippen molar-refractivity contribution in [2.45, 2.75) is 43.9 Å². The summed E-state index contributed by atoms with van der Waals surface area (Å²) in [5.41, 5.74) is 1.70. The Morgan fingerprint density at radius 1 is 1.14 bits per heavy atom. The quantitative estimate of drug-likeness (QED) is 0.895. The Bertz CT molecular complexity index is 596. The molecule has 5 nitrogen and oxygen atoms in total. The summed E-state index contributed by atoms with van der Waals surface area (Å²) >= 11 is 0. The van der Waals surface area contributed by atoms with Crippen molar-refractivity contribution in [3.05, 3.63) is 24.3 Å². The Hall–Kier alpha value is -1.56. The van der Waals surface area contributed by atoms with Gasteiger partial charge < -0.3 is 10.6 Å². The summed E-state index contributed by atoms with van der Waals surface area (Å²) in [6, 6.07) is 7.65. The largest absolute Gasteiger partial charge is 0.382 e. The maximum atomic E-state index is 11.7. The minimum Gasteiger partial charge on any atom is -0.382 e. The predicted octanol–water partition coefficient (Wildman–Crippen LogP) is 2.41. The summed E-state index contributed by atoms with van der Waals surface area (Å²) in [4.78, 5) is 11.0. The molecule has 1 saturated carbocycles. The van der Waals surface area contributed by atoms with Gasteiger partial charge in [-0.1, -0.05) is 6.42 Å². The molecule has 0 aliphatic heterocycles. The van der Waals surface area contributed by atoms with Gasteiger partial charge in [0.15, 0.2) is 0 Å². The van der Waals surface area contributed by atoms with Gasteiger partial charge in [-0.3, -0.25) is 4.79 Å². The van der Waals surface area contributed by atoms with E-state index in [0.717, 1.165) is 30.6 Å². The molecule has 116 valence electrons. The predicted molar refractivity (Wildman–Crippen MR) is 85.3 cm³/mol. The molecule has 2 atom stereocenters. The number of amides is 1. The lowest BCUT2D eigenvalue weighted by molar-refractivity contribution is -0.114. The molecule has 0 bridgehead atoms. The number of carbonyl (C=O) groups is 1. The van der Waals surface area contributed by atoms with Gasteiger partial charge in [0.05, 0.1) is 5.25 Å². The molecule has 2 N–H and O–H groups in total. The molecule has 1 aromatic rings. The van der Waals surface area contributed by atoms with E-state index >= 15 is 0 Å². The molecule has 1 aliphatic rings. The summed E-state index contributed by atoms with van der Waals surface area (Å²) in [5.74, 6) is -0.0982. The normalized spacial score (nSPS) is 22.6. The van der Waals surface area contributed by atoms with Crippen LogP contribution in [0.5, 0.6) is 0 Å². The first kappa shape index (κ1) is 15.8. The summed E-state index contributed by atoms with van der Waals surface area (Å²) in [5, 5.41) is 5.87. The van der Waals surface area contributed by atoms with Crippen LogP contribution in [0.15, 0.2) is 24.3 Å². The van der Waals surface area contributed by atoms with E-state index in [1.54, 1.807) is 0 Å². The topological polar surface area (TPSA) is 75.3 Å². The van der Waals surface area contributed by atoms with E-state index < -0.39 is 9.84 Å². The van der Waals surface area contributed by atoms with Crippen LogP contribution in [0, 0.1) is 0 Å². The molecular weight excluding hydrogens is 288 g/mol. The summed E-state index contributed by atoms with van der Waals surface area (Å²) in [6.45, 7) is 1.47. The standard InChI is InChI=1S/C15H22N2O3S/c1-11(18)16-12-6-8-13(9-7-12)17-14-4-3-5-15(10-14)21(2,19)20/h6-9,14-15,17H,3-5,10H2,1-2H3,(H,16,18).